The van der Waals surface area contributed by atoms with E-state index >= 15 is 0 Å². The molecular weight excluding hydrogens is 306 g/mol. The van der Waals surface area contributed by atoms with Crippen LogP contribution in [0.1, 0.15) is 30.9 Å². The first-order chi connectivity index (χ1) is 11.5. The fourth-order valence-electron chi connectivity index (χ4n) is 2.81. The Morgan fingerprint density at radius 2 is 2.00 bits per heavy atom. The zero-order valence-corrected chi connectivity index (χ0v) is 13.8. The van der Waals surface area contributed by atoms with Gasteiger partial charge in [0.15, 0.2) is 0 Å². The number of rotatable bonds is 7. The highest BCUT2D eigenvalue weighted by molar-refractivity contribution is 5.74. The quantitative estimate of drug-likeness (QED) is 0.661. The second-order valence-electron chi connectivity index (χ2n) is 5.95. The molecule has 1 saturated carbocycles. The number of amides is 2. The van der Waals surface area contributed by atoms with E-state index in [4.69, 9.17) is 11.5 Å². The molecule has 1 aromatic carbocycles. The highest BCUT2D eigenvalue weighted by atomic mass is 16.4. The van der Waals surface area contributed by atoms with Gasteiger partial charge in [-0.15, -0.1) is 6.42 Å². The molecule has 1 aromatic rings. The molecule has 0 atom stereocenters. The number of hydrogen-bond acceptors (Lipinski definition) is 3. The monoisotopic (exact) mass is 329 g/mol. The van der Waals surface area contributed by atoms with Gasteiger partial charge in [0.1, 0.15) is 0 Å². The Bertz CT molecular complexity index is 615. The zero-order chi connectivity index (χ0) is 17.5. The van der Waals surface area contributed by atoms with E-state index in [1.54, 1.807) is 0 Å². The van der Waals surface area contributed by atoms with Crippen LogP contribution < -0.4 is 10.6 Å². The van der Waals surface area contributed by atoms with Crippen molar-refractivity contribution >= 4 is 12.0 Å². The van der Waals surface area contributed by atoms with E-state index in [1.165, 1.54) is 0 Å². The lowest BCUT2D eigenvalue weighted by molar-refractivity contribution is -0.139. The molecule has 0 saturated heterocycles. The molecule has 0 spiro atoms. The van der Waals surface area contributed by atoms with Gasteiger partial charge in [-0.05, 0) is 37.1 Å². The number of nitrogens with one attached hydrogen (secondary N) is 2. The summed E-state index contributed by atoms with van der Waals surface area (Å²) in [5.41, 5.74) is 1.79. The molecule has 0 unspecified atom stereocenters. The lowest BCUT2D eigenvalue weighted by Crippen LogP contribution is -2.56. The van der Waals surface area contributed by atoms with Crippen molar-refractivity contribution in [2.24, 2.45) is 0 Å². The molecule has 2 rings (SSSR count). The van der Waals surface area contributed by atoms with Crippen molar-refractivity contribution in [3.05, 3.63) is 35.4 Å². The summed E-state index contributed by atoms with van der Waals surface area (Å²) >= 11 is 0. The molecule has 0 bridgehead atoms. The number of carboxylic acid groups (broad SMARTS) is 1. The van der Waals surface area contributed by atoms with Crippen molar-refractivity contribution in [3.8, 4) is 12.3 Å². The Labute approximate surface area is 142 Å². The van der Waals surface area contributed by atoms with Gasteiger partial charge in [-0.1, -0.05) is 25.0 Å². The van der Waals surface area contributed by atoms with Crippen LogP contribution in [-0.2, 0) is 11.3 Å². The van der Waals surface area contributed by atoms with E-state index in [1.807, 2.05) is 36.1 Å². The summed E-state index contributed by atoms with van der Waals surface area (Å²) in [7, 11) is 0. The molecule has 0 aromatic heterocycles. The third-order valence-corrected chi connectivity index (χ3v) is 4.28. The largest absolute Gasteiger partial charge is 0.480 e. The number of carboxylic acids is 1. The minimum Gasteiger partial charge on any atom is -0.480 e. The van der Waals surface area contributed by atoms with E-state index < -0.39 is 5.97 Å². The molecule has 3 N–H and O–H groups in total. The lowest BCUT2D eigenvalue weighted by atomic mass is 9.85. The summed E-state index contributed by atoms with van der Waals surface area (Å²) in [4.78, 5) is 24.6. The van der Waals surface area contributed by atoms with Crippen LogP contribution >= 0.6 is 0 Å². The third kappa shape index (κ3) is 5.00. The van der Waals surface area contributed by atoms with Crippen LogP contribution in [0.2, 0.25) is 0 Å². The number of likely N-dealkylation sites (N-methyl/N-ethyl adjacent to an activating group) is 1. The Hall–Kier alpha value is -2.52. The van der Waals surface area contributed by atoms with Gasteiger partial charge >= 0.3 is 12.0 Å². The molecule has 0 heterocycles. The molecule has 0 aliphatic heterocycles. The molecule has 1 aliphatic rings. The van der Waals surface area contributed by atoms with E-state index in [0.717, 1.165) is 24.0 Å². The van der Waals surface area contributed by atoms with Gasteiger partial charge in [-0.2, -0.15) is 0 Å². The summed E-state index contributed by atoms with van der Waals surface area (Å²) in [5.74, 6) is 1.73. The maximum Gasteiger partial charge on any atom is 0.317 e. The normalized spacial score (nSPS) is 19.2. The molecular formula is C18H23N3O3. The van der Waals surface area contributed by atoms with Crippen LogP contribution in [0.3, 0.4) is 0 Å². The van der Waals surface area contributed by atoms with Gasteiger partial charge in [-0.25, -0.2) is 4.79 Å². The summed E-state index contributed by atoms with van der Waals surface area (Å²) in [6.07, 6.45) is 6.87. The van der Waals surface area contributed by atoms with Crippen LogP contribution in [-0.4, -0.2) is 47.2 Å². The number of terminal acetylenes is 1. The molecule has 6 nitrogen and oxygen atoms in total. The number of nitrogens with zero attached hydrogens (tertiary/aromatic N) is 1. The van der Waals surface area contributed by atoms with Gasteiger partial charge < -0.3 is 15.7 Å². The zero-order valence-electron chi connectivity index (χ0n) is 13.8. The lowest BCUT2D eigenvalue weighted by Gasteiger charge is -2.42. The van der Waals surface area contributed by atoms with E-state index in [2.05, 4.69) is 16.6 Å². The highest BCUT2D eigenvalue weighted by Crippen LogP contribution is 2.25. The topological polar surface area (TPSA) is 81.7 Å². The van der Waals surface area contributed by atoms with Crippen molar-refractivity contribution in [3.63, 3.8) is 0 Å². The fourth-order valence-corrected chi connectivity index (χ4v) is 2.81. The number of benzene rings is 1. The Balaban J connectivity index is 1.68. The van der Waals surface area contributed by atoms with Gasteiger partial charge in [0.05, 0.1) is 6.54 Å². The molecule has 128 valence electrons. The summed E-state index contributed by atoms with van der Waals surface area (Å²) < 4.78 is 0. The average molecular weight is 329 g/mol. The summed E-state index contributed by atoms with van der Waals surface area (Å²) in [6.45, 7) is 3.13. The Kier molecular flexibility index (Phi) is 6.21. The molecule has 1 aliphatic carbocycles. The van der Waals surface area contributed by atoms with Crippen molar-refractivity contribution in [1.29, 1.82) is 0 Å². The van der Waals surface area contributed by atoms with Crippen LogP contribution in [0, 0.1) is 12.3 Å². The van der Waals surface area contributed by atoms with Crippen LogP contribution in [0.5, 0.6) is 0 Å². The summed E-state index contributed by atoms with van der Waals surface area (Å²) in [6, 6.07) is 7.58. The first kappa shape index (κ1) is 17.8. The molecule has 1 fully saturated rings. The highest BCUT2D eigenvalue weighted by Gasteiger charge is 2.34. The van der Waals surface area contributed by atoms with Crippen molar-refractivity contribution in [2.75, 3.05) is 13.1 Å². The number of urea groups is 1. The van der Waals surface area contributed by atoms with Crippen molar-refractivity contribution < 1.29 is 14.7 Å². The number of hydrogen-bond donors (Lipinski definition) is 3. The fraction of sp³-hybridized carbons (Fsp3) is 0.444. The molecule has 6 heteroatoms. The first-order valence-electron chi connectivity index (χ1n) is 8.07. The first-order valence-corrected chi connectivity index (χ1v) is 8.07. The molecule has 24 heavy (non-hydrogen) atoms. The maximum absolute atomic E-state index is 11.9. The molecule has 2 amide bonds. The standard InChI is InChI=1S/C18H23N3O3/c1-3-13-5-7-14(8-6-13)11-19-18(24)20-15-9-16(10-15)21(4-2)12-17(22)23/h1,5-8,15-16H,4,9-12H2,2H3,(H,22,23)(H2,19,20,24). The van der Waals surface area contributed by atoms with Gasteiger partial charge in [0.25, 0.3) is 0 Å². The Morgan fingerprint density at radius 3 is 2.54 bits per heavy atom. The third-order valence-electron chi connectivity index (χ3n) is 4.28. The van der Waals surface area contributed by atoms with Gasteiger partial charge in [0, 0.05) is 24.2 Å². The van der Waals surface area contributed by atoms with Gasteiger partial charge in [-0.3, -0.25) is 9.69 Å². The van der Waals surface area contributed by atoms with E-state index in [-0.39, 0.29) is 24.7 Å². The van der Waals surface area contributed by atoms with Crippen LogP contribution in [0.25, 0.3) is 0 Å². The second-order valence-corrected chi connectivity index (χ2v) is 5.95. The Morgan fingerprint density at radius 1 is 1.33 bits per heavy atom. The predicted molar refractivity (Wildman–Crippen MR) is 91.4 cm³/mol. The van der Waals surface area contributed by atoms with Gasteiger partial charge in [0.2, 0.25) is 0 Å². The smallest absolute Gasteiger partial charge is 0.317 e. The minimum atomic E-state index is -0.818. The number of aliphatic carboxylic acids is 1. The summed E-state index contributed by atoms with van der Waals surface area (Å²) in [5, 5.41) is 14.6. The van der Waals surface area contributed by atoms with Crippen molar-refractivity contribution in [1.82, 2.24) is 15.5 Å². The van der Waals surface area contributed by atoms with Crippen LogP contribution in [0.4, 0.5) is 4.79 Å². The van der Waals surface area contributed by atoms with Crippen LogP contribution in [0.15, 0.2) is 24.3 Å². The van der Waals surface area contributed by atoms with E-state index in [9.17, 15) is 9.59 Å². The average Bonchev–Trinajstić information content (AvgIpc) is 2.54. The number of carbonyl (C=O) groups is 2. The predicted octanol–water partition coefficient (Wildman–Crippen LogP) is 1.40. The molecule has 0 radical (unpaired) electrons. The van der Waals surface area contributed by atoms with Crippen molar-refractivity contribution in [2.45, 2.75) is 38.4 Å². The maximum atomic E-state index is 11.9. The minimum absolute atomic E-state index is 0.0493. The number of carbonyl (C=O) groups excluding carboxylic acids is 1. The van der Waals surface area contributed by atoms with E-state index in [0.29, 0.717) is 13.1 Å². The SMILES string of the molecule is C#Cc1ccc(CNC(=O)NC2CC(N(CC)CC(=O)O)C2)cc1. The second kappa shape index (κ2) is 8.37.